The molecule has 1 fully saturated rings. The van der Waals surface area contributed by atoms with Gasteiger partial charge in [0.25, 0.3) is 0 Å². The number of aryl methyl sites for hydroxylation is 1. The Hall–Kier alpha value is -1.06. The van der Waals surface area contributed by atoms with Crippen LogP contribution in [0.15, 0.2) is 4.52 Å². The van der Waals surface area contributed by atoms with Crippen molar-refractivity contribution in [1.29, 1.82) is 0 Å². The molecule has 11 heavy (non-hydrogen) atoms. The van der Waals surface area contributed by atoms with Crippen LogP contribution < -0.4 is 4.90 Å². The summed E-state index contributed by atoms with van der Waals surface area (Å²) in [4.78, 5) is 6.27. The molecule has 0 atom stereocenters. The SMILES string of the molecule is Cc1noc(N2CCCC2)n1. The lowest BCUT2D eigenvalue weighted by Gasteiger charge is -2.08. The molecule has 0 aliphatic carbocycles. The zero-order valence-corrected chi connectivity index (χ0v) is 6.58. The molecule has 1 saturated heterocycles. The van der Waals surface area contributed by atoms with Crippen molar-refractivity contribution < 1.29 is 4.52 Å². The largest absolute Gasteiger partial charge is 0.324 e. The first kappa shape index (κ1) is 6.64. The van der Waals surface area contributed by atoms with Crippen molar-refractivity contribution in [2.75, 3.05) is 18.0 Å². The van der Waals surface area contributed by atoms with Gasteiger partial charge in [0.1, 0.15) is 0 Å². The first-order chi connectivity index (χ1) is 5.36. The molecule has 1 aromatic rings. The van der Waals surface area contributed by atoms with E-state index in [0.717, 1.165) is 13.1 Å². The minimum atomic E-state index is 0.681. The van der Waals surface area contributed by atoms with Gasteiger partial charge in [-0.25, -0.2) is 0 Å². The van der Waals surface area contributed by atoms with Crippen LogP contribution in [-0.2, 0) is 0 Å². The van der Waals surface area contributed by atoms with E-state index in [1.165, 1.54) is 12.8 Å². The summed E-state index contributed by atoms with van der Waals surface area (Å²) in [7, 11) is 0. The van der Waals surface area contributed by atoms with Gasteiger partial charge in [-0.3, -0.25) is 0 Å². The van der Waals surface area contributed by atoms with Crippen LogP contribution in [-0.4, -0.2) is 23.2 Å². The first-order valence-corrected chi connectivity index (χ1v) is 3.91. The van der Waals surface area contributed by atoms with E-state index >= 15 is 0 Å². The third-order valence-corrected chi connectivity index (χ3v) is 1.89. The van der Waals surface area contributed by atoms with Gasteiger partial charge in [-0.1, -0.05) is 5.16 Å². The maximum Gasteiger partial charge on any atom is 0.324 e. The van der Waals surface area contributed by atoms with Crippen molar-refractivity contribution in [3.63, 3.8) is 0 Å². The third kappa shape index (κ3) is 1.20. The Balaban J connectivity index is 2.15. The van der Waals surface area contributed by atoms with Crippen molar-refractivity contribution >= 4 is 6.01 Å². The number of anilines is 1. The lowest BCUT2D eigenvalue weighted by molar-refractivity contribution is 0.413. The number of hydrogen-bond acceptors (Lipinski definition) is 4. The lowest BCUT2D eigenvalue weighted by atomic mass is 10.4. The number of rotatable bonds is 1. The Morgan fingerprint density at radius 2 is 2.09 bits per heavy atom. The molecule has 0 amide bonds. The fraction of sp³-hybridized carbons (Fsp3) is 0.714. The fourth-order valence-electron chi connectivity index (χ4n) is 1.32. The molecular formula is C7H11N3O. The molecule has 0 spiro atoms. The Morgan fingerprint density at radius 1 is 1.36 bits per heavy atom. The topological polar surface area (TPSA) is 42.2 Å². The Labute approximate surface area is 65.2 Å². The molecule has 1 aliphatic rings. The van der Waals surface area contributed by atoms with E-state index in [2.05, 4.69) is 15.0 Å². The molecule has 2 heterocycles. The molecule has 0 saturated carbocycles. The Bertz CT molecular complexity index is 240. The predicted molar refractivity (Wildman–Crippen MR) is 40.5 cm³/mol. The van der Waals surface area contributed by atoms with Gasteiger partial charge in [0.15, 0.2) is 5.82 Å². The highest BCUT2D eigenvalue weighted by molar-refractivity contribution is 5.25. The van der Waals surface area contributed by atoms with E-state index < -0.39 is 0 Å². The minimum Gasteiger partial charge on any atom is -0.324 e. The van der Waals surface area contributed by atoms with Crippen molar-refractivity contribution in [1.82, 2.24) is 10.1 Å². The van der Waals surface area contributed by atoms with E-state index in [1.54, 1.807) is 0 Å². The molecule has 2 rings (SSSR count). The first-order valence-electron chi connectivity index (χ1n) is 3.91. The van der Waals surface area contributed by atoms with Gasteiger partial charge in [-0.15, -0.1) is 0 Å². The van der Waals surface area contributed by atoms with Crippen LogP contribution in [0.4, 0.5) is 6.01 Å². The second-order valence-electron chi connectivity index (χ2n) is 2.82. The highest BCUT2D eigenvalue weighted by Crippen LogP contribution is 2.16. The molecule has 1 aromatic heterocycles. The van der Waals surface area contributed by atoms with Crippen molar-refractivity contribution in [2.45, 2.75) is 19.8 Å². The highest BCUT2D eigenvalue weighted by Gasteiger charge is 2.16. The fourth-order valence-corrected chi connectivity index (χ4v) is 1.32. The van der Waals surface area contributed by atoms with E-state index in [4.69, 9.17) is 4.52 Å². The number of aromatic nitrogens is 2. The van der Waals surface area contributed by atoms with Crippen LogP contribution in [0.3, 0.4) is 0 Å². The van der Waals surface area contributed by atoms with Gasteiger partial charge < -0.3 is 9.42 Å². The summed E-state index contributed by atoms with van der Waals surface area (Å²) < 4.78 is 5.01. The molecule has 4 nitrogen and oxygen atoms in total. The smallest absolute Gasteiger partial charge is 0.324 e. The average molecular weight is 153 g/mol. The standard InChI is InChI=1S/C7H11N3O/c1-6-8-7(11-9-6)10-4-2-3-5-10/h2-5H2,1H3. The third-order valence-electron chi connectivity index (χ3n) is 1.89. The van der Waals surface area contributed by atoms with Crippen molar-refractivity contribution in [3.05, 3.63) is 5.82 Å². The van der Waals surface area contributed by atoms with E-state index in [9.17, 15) is 0 Å². The molecule has 0 radical (unpaired) electrons. The monoisotopic (exact) mass is 153 g/mol. The summed E-state index contributed by atoms with van der Waals surface area (Å²) in [6, 6.07) is 0.681. The summed E-state index contributed by atoms with van der Waals surface area (Å²) in [6.07, 6.45) is 2.48. The Morgan fingerprint density at radius 3 is 2.64 bits per heavy atom. The van der Waals surface area contributed by atoms with Crippen molar-refractivity contribution in [2.24, 2.45) is 0 Å². The zero-order chi connectivity index (χ0) is 7.68. The normalized spacial score (nSPS) is 17.7. The van der Waals surface area contributed by atoms with Gasteiger partial charge in [0, 0.05) is 13.1 Å². The second-order valence-corrected chi connectivity index (χ2v) is 2.82. The highest BCUT2D eigenvalue weighted by atomic mass is 16.5. The van der Waals surface area contributed by atoms with Crippen LogP contribution in [0.25, 0.3) is 0 Å². The van der Waals surface area contributed by atoms with Crippen LogP contribution in [0.2, 0.25) is 0 Å². The maximum atomic E-state index is 5.01. The summed E-state index contributed by atoms with van der Waals surface area (Å²) in [5.74, 6) is 0.715. The molecule has 0 unspecified atom stereocenters. The van der Waals surface area contributed by atoms with Gasteiger partial charge >= 0.3 is 6.01 Å². The van der Waals surface area contributed by atoms with Crippen LogP contribution in [0.5, 0.6) is 0 Å². The molecular weight excluding hydrogens is 142 g/mol. The summed E-state index contributed by atoms with van der Waals surface area (Å²) in [5.41, 5.74) is 0. The van der Waals surface area contributed by atoms with Gasteiger partial charge in [-0.2, -0.15) is 4.98 Å². The average Bonchev–Trinajstić information content (AvgIpc) is 2.55. The molecule has 0 bridgehead atoms. The number of nitrogens with zero attached hydrogens (tertiary/aromatic N) is 3. The second kappa shape index (κ2) is 2.53. The quantitative estimate of drug-likeness (QED) is 0.603. The van der Waals surface area contributed by atoms with Crippen LogP contribution in [0.1, 0.15) is 18.7 Å². The predicted octanol–water partition coefficient (Wildman–Crippen LogP) is 0.978. The van der Waals surface area contributed by atoms with Gasteiger partial charge in [0.05, 0.1) is 0 Å². The van der Waals surface area contributed by atoms with E-state index in [-0.39, 0.29) is 0 Å². The Kier molecular flexibility index (Phi) is 1.52. The van der Waals surface area contributed by atoms with Gasteiger partial charge in [-0.05, 0) is 19.8 Å². The molecule has 0 N–H and O–H groups in total. The molecule has 60 valence electrons. The lowest BCUT2D eigenvalue weighted by Crippen LogP contribution is -2.17. The summed E-state index contributed by atoms with van der Waals surface area (Å²) in [6.45, 7) is 3.95. The van der Waals surface area contributed by atoms with Crippen LogP contribution in [0, 0.1) is 6.92 Å². The minimum absolute atomic E-state index is 0.681. The molecule has 1 aliphatic heterocycles. The molecule has 0 aromatic carbocycles. The zero-order valence-electron chi connectivity index (χ0n) is 6.58. The maximum absolute atomic E-state index is 5.01. The van der Waals surface area contributed by atoms with Crippen LogP contribution >= 0.6 is 0 Å². The van der Waals surface area contributed by atoms with Crippen molar-refractivity contribution in [3.8, 4) is 0 Å². The van der Waals surface area contributed by atoms with E-state index in [1.807, 2.05) is 6.92 Å². The van der Waals surface area contributed by atoms with Gasteiger partial charge in [0.2, 0.25) is 0 Å². The summed E-state index contributed by atoms with van der Waals surface area (Å²) in [5, 5.41) is 3.73. The van der Waals surface area contributed by atoms with E-state index in [0.29, 0.717) is 11.8 Å². The number of hydrogen-bond donors (Lipinski definition) is 0. The summed E-state index contributed by atoms with van der Waals surface area (Å²) >= 11 is 0. The molecule has 4 heteroatoms.